The van der Waals surface area contributed by atoms with E-state index in [2.05, 4.69) is 5.32 Å². The highest BCUT2D eigenvalue weighted by molar-refractivity contribution is 5.89. The van der Waals surface area contributed by atoms with Crippen LogP contribution in [-0.4, -0.2) is 16.6 Å². The number of carbonyl (C=O) groups is 1. The van der Waals surface area contributed by atoms with E-state index < -0.39 is 16.6 Å². The van der Waals surface area contributed by atoms with Crippen LogP contribution in [-0.2, 0) is 4.74 Å². The molecule has 0 saturated heterocycles. The number of nitro groups is 1. The Morgan fingerprint density at radius 2 is 1.88 bits per heavy atom. The Hall–Kier alpha value is -2.96. The van der Waals surface area contributed by atoms with Crippen LogP contribution in [0.3, 0.4) is 0 Å². The third-order valence-electron chi connectivity index (χ3n) is 3.33. The van der Waals surface area contributed by atoms with Crippen molar-refractivity contribution in [1.82, 2.24) is 0 Å². The molecule has 132 valence electrons. The zero-order chi connectivity index (χ0) is 18.8. The first-order valence-corrected chi connectivity index (χ1v) is 7.62. The first-order valence-electron chi connectivity index (χ1n) is 7.62. The second-order valence-corrected chi connectivity index (χ2v) is 6.58. The summed E-state index contributed by atoms with van der Waals surface area (Å²) < 4.78 is 18.4. The Kier molecular flexibility index (Phi) is 5.06. The van der Waals surface area contributed by atoms with Crippen LogP contribution in [0.5, 0.6) is 0 Å². The van der Waals surface area contributed by atoms with Crippen LogP contribution in [0.4, 0.5) is 20.6 Å². The van der Waals surface area contributed by atoms with Gasteiger partial charge in [-0.15, -0.1) is 0 Å². The van der Waals surface area contributed by atoms with Gasteiger partial charge in [0.2, 0.25) is 0 Å². The highest BCUT2D eigenvalue weighted by Crippen LogP contribution is 2.32. The lowest BCUT2D eigenvalue weighted by molar-refractivity contribution is -0.383. The lowest BCUT2D eigenvalue weighted by Gasteiger charge is -2.19. The van der Waals surface area contributed by atoms with Crippen LogP contribution in [0, 0.1) is 22.9 Å². The molecule has 2 rings (SSSR count). The van der Waals surface area contributed by atoms with E-state index in [4.69, 9.17) is 4.74 Å². The van der Waals surface area contributed by atoms with Gasteiger partial charge in [0.25, 0.3) is 5.69 Å². The van der Waals surface area contributed by atoms with Gasteiger partial charge in [0.15, 0.2) is 0 Å². The van der Waals surface area contributed by atoms with Crippen molar-refractivity contribution in [3.05, 3.63) is 57.9 Å². The van der Waals surface area contributed by atoms with Gasteiger partial charge in [0.05, 0.1) is 4.92 Å². The maximum atomic E-state index is 13.2. The van der Waals surface area contributed by atoms with E-state index >= 15 is 0 Å². The van der Waals surface area contributed by atoms with Crippen molar-refractivity contribution in [3.8, 4) is 11.1 Å². The molecule has 0 spiro atoms. The van der Waals surface area contributed by atoms with E-state index in [1.165, 1.54) is 24.3 Å². The first kappa shape index (κ1) is 18.4. The molecule has 25 heavy (non-hydrogen) atoms. The number of hydrogen-bond donors (Lipinski definition) is 1. The molecule has 0 aromatic heterocycles. The molecule has 0 atom stereocenters. The number of nitro benzene ring substituents is 1. The van der Waals surface area contributed by atoms with Crippen molar-refractivity contribution >= 4 is 17.5 Å². The summed E-state index contributed by atoms with van der Waals surface area (Å²) in [4.78, 5) is 22.6. The van der Waals surface area contributed by atoms with Gasteiger partial charge in [0, 0.05) is 6.07 Å². The average Bonchev–Trinajstić information content (AvgIpc) is 2.45. The molecule has 0 heterocycles. The number of halogens is 1. The standard InChI is InChI=1S/C18H19FN2O4/c1-11-9-13(19)6-7-14(11)12-5-8-15(16(10-12)21(23)24)20-17(22)25-18(2,3)4/h5-10H,1-4H3,(H,20,22). The number of nitrogens with zero attached hydrogens (tertiary/aromatic N) is 1. The third-order valence-corrected chi connectivity index (χ3v) is 3.33. The van der Waals surface area contributed by atoms with E-state index in [0.717, 1.165) is 0 Å². The number of amides is 1. The lowest BCUT2D eigenvalue weighted by Crippen LogP contribution is -2.27. The highest BCUT2D eigenvalue weighted by Gasteiger charge is 2.21. The minimum atomic E-state index is -0.777. The SMILES string of the molecule is Cc1cc(F)ccc1-c1ccc(NC(=O)OC(C)(C)C)c([N+](=O)[O-])c1. The zero-order valence-corrected chi connectivity index (χ0v) is 14.4. The maximum absolute atomic E-state index is 13.2. The van der Waals surface area contributed by atoms with Gasteiger partial charge in [0.1, 0.15) is 17.1 Å². The van der Waals surface area contributed by atoms with Crippen LogP contribution in [0.2, 0.25) is 0 Å². The molecule has 2 aromatic carbocycles. The molecule has 1 amide bonds. The van der Waals surface area contributed by atoms with Gasteiger partial charge < -0.3 is 4.74 Å². The van der Waals surface area contributed by atoms with Crippen molar-refractivity contribution in [1.29, 1.82) is 0 Å². The molecule has 2 aromatic rings. The zero-order valence-electron chi connectivity index (χ0n) is 14.4. The van der Waals surface area contributed by atoms with Crippen LogP contribution >= 0.6 is 0 Å². The predicted octanol–water partition coefficient (Wildman–Crippen LogP) is 5.06. The van der Waals surface area contributed by atoms with Crippen LogP contribution in [0.1, 0.15) is 26.3 Å². The van der Waals surface area contributed by atoms with Gasteiger partial charge in [-0.1, -0.05) is 12.1 Å². The van der Waals surface area contributed by atoms with E-state index in [-0.39, 0.29) is 17.2 Å². The molecule has 0 aliphatic rings. The smallest absolute Gasteiger partial charge is 0.412 e. The molecule has 7 heteroatoms. The molecular formula is C18H19FN2O4. The van der Waals surface area contributed by atoms with E-state index in [1.807, 2.05) is 0 Å². The fourth-order valence-corrected chi connectivity index (χ4v) is 2.32. The van der Waals surface area contributed by atoms with Crippen molar-refractivity contribution in [2.45, 2.75) is 33.3 Å². The van der Waals surface area contributed by atoms with E-state index in [0.29, 0.717) is 16.7 Å². The number of rotatable bonds is 3. The fourth-order valence-electron chi connectivity index (χ4n) is 2.32. The molecule has 0 unspecified atom stereocenters. The number of carbonyl (C=O) groups excluding carboxylic acids is 1. The summed E-state index contributed by atoms with van der Waals surface area (Å²) in [6.07, 6.45) is -0.777. The van der Waals surface area contributed by atoms with Crippen molar-refractivity contribution in [2.24, 2.45) is 0 Å². The molecular weight excluding hydrogens is 327 g/mol. The quantitative estimate of drug-likeness (QED) is 0.622. The first-order chi connectivity index (χ1) is 11.6. The lowest BCUT2D eigenvalue weighted by atomic mass is 9.99. The van der Waals surface area contributed by atoms with Gasteiger partial charge in [-0.3, -0.25) is 15.4 Å². The summed E-state index contributed by atoms with van der Waals surface area (Å²) >= 11 is 0. The van der Waals surface area contributed by atoms with Crippen LogP contribution in [0.15, 0.2) is 36.4 Å². The van der Waals surface area contributed by atoms with E-state index in [1.54, 1.807) is 39.8 Å². The number of benzene rings is 2. The normalized spacial score (nSPS) is 11.1. The number of aryl methyl sites for hydroxylation is 1. The largest absolute Gasteiger partial charge is 0.444 e. The topological polar surface area (TPSA) is 81.5 Å². The Bertz CT molecular complexity index is 828. The summed E-state index contributed by atoms with van der Waals surface area (Å²) in [6.45, 7) is 6.81. The Labute approximate surface area is 144 Å². The van der Waals surface area contributed by atoms with Gasteiger partial charge >= 0.3 is 6.09 Å². The van der Waals surface area contributed by atoms with Gasteiger partial charge in [-0.05, 0) is 62.6 Å². The molecule has 0 saturated carbocycles. The molecule has 6 nitrogen and oxygen atoms in total. The summed E-state index contributed by atoms with van der Waals surface area (Å²) in [7, 11) is 0. The van der Waals surface area contributed by atoms with Crippen LogP contribution < -0.4 is 5.32 Å². The van der Waals surface area contributed by atoms with Crippen molar-refractivity contribution in [3.63, 3.8) is 0 Å². The number of nitrogens with one attached hydrogen (secondary N) is 1. The maximum Gasteiger partial charge on any atom is 0.412 e. The van der Waals surface area contributed by atoms with Crippen molar-refractivity contribution in [2.75, 3.05) is 5.32 Å². The highest BCUT2D eigenvalue weighted by atomic mass is 19.1. The van der Waals surface area contributed by atoms with Gasteiger partial charge in [-0.25, -0.2) is 9.18 Å². The molecule has 0 aliphatic heterocycles. The molecule has 0 bridgehead atoms. The molecule has 0 aliphatic carbocycles. The molecule has 0 fully saturated rings. The second kappa shape index (κ2) is 6.88. The summed E-state index contributed by atoms with van der Waals surface area (Å²) in [5.41, 5.74) is 0.925. The minimum absolute atomic E-state index is 0.0303. The number of anilines is 1. The summed E-state index contributed by atoms with van der Waals surface area (Å²) in [6, 6.07) is 8.60. The van der Waals surface area contributed by atoms with E-state index in [9.17, 15) is 19.3 Å². The summed E-state index contributed by atoms with van der Waals surface area (Å²) in [5.74, 6) is -0.376. The predicted molar refractivity (Wildman–Crippen MR) is 93.1 cm³/mol. The average molecular weight is 346 g/mol. The third kappa shape index (κ3) is 4.76. The molecule has 1 N–H and O–H groups in total. The number of hydrogen-bond acceptors (Lipinski definition) is 4. The Morgan fingerprint density at radius 1 is 1.20 bits per heavy atom. The number of ether oxygens (including phenoxy) is 1. The van der Waals surface area contributed by atoms with Crippen molar-refractivity contribution < 1.29 is 18.8 Å². The van der Waals surface area contributed by atoms with Gasteiger partial charge in [-0.2, -0.15) is 0 Å². The van der Waals surface area contributed by atoms with Crippen LogP contribution in [0.25, 0.3) is 11.1 Å². The minimum Gasteiger partial charge on any atom is -0.444 e. The molecule has 0 radical (unpaired) electrons. The Morgan fingerprint density at radius 3 is 2.44 bits per heavy atom. The Balaban J connectivity index is 2.38. The monoisotopic (exact) mass is 346 g/mol. The summed E-state index contributed by atoms with van der Waals surface area (Å²) in [5, 5.41) is 13.8. The second-order valence-electron chi connectivity index (χ2n) is 6.58. The fraction of sp³-hybridized carbons (Fsp3) is 0.278.